The van der Waals surface area contributed by atoms with E-state index in [1.807, 2.05) is 0 Å². The predicted molar refractivity (Wildman–Crippen MR) is 106 cm³/mol. The molecule has 8 heteroatoms. The molecule has 2 heterocycles. The number of hydrogen-bond donors (Lipinski definition) is 3. The Kier molecular flexibility index (Phi) is 4.71. The number of thiophene rings is 1. The number of carbonyl (C=O) groups is 2. The summed E-state index contributed by atoms with van der Waals surface area (Å²) in [7, 11) is 1.42. The van der Waals surface area contributed by atoms with Gasteiger partial charge in [-0.15, -0.1) is 11.3 Å². The number of nitrogens with one attached hydrogen (secondary N) is 1. The maximum Gasteiger partial charge on any atom is 0.346 e. The largest absolute Gasteiger partial charge is 0.504 e. The highest BCUT2D eigenvalue weighted by Gasteiger charge is 2.34. The van der Waals surface area contributed by atoms with Crippen molar-refractivity contribution < 1.29 is 28.9 Å². The average Bonchev–Trinajstić information content (AvgIpc) is 3.07. The van der Waals surface area contributed by atoms with Crippen molar-refractivity contribution in [1.29, 1.82) is 0 Å². The van der Waals surface area contributed by atoms with Gasteiger partial charge < -0.3 is 20.3 Å². The molecule has 148 valence electrons. The number of aromatic hydroxyl groups is 1. The van der Waals surface area contributed by atoms with E-state index in [1.54, 1.807) is 18.2 Å². The number of phenolic OH excluding ortho intramolecular Hbond substituents is 1. The van der Waals surface area contributed by atoms with Gasteiger partial charge in [-0.1, -0.05) is 18.2 Å². The fraction of sp³-hybridized carbons (Fsp3) is 0.143. The number of rotatable bonds is 4. The zero-order valence-corrected chi connectivity index (χ0v) is 16.0. The Bertz CT molecular complexity index is 1140. The van der Waals surface area contributed by atoms with Gasteiger partial charge in [0.25, 0.3) is 0 Å². The summed E-state index contributed by atoms with van der Waals surface area (Å²) in [6.07, 6.45) is 0.114. The molecule has 0 bridgehead atoms. The molecule has 0 fully saturated rings. The number of fused-ring (bicyclic) bond motifs is 1. The highest BCUT2D eigenvalue weighted by atomic mass is 32.1. The van der Waals surface area contributed by atoms with Crippen LogP contribution in [-0.2, 0) is 4.79 Å². The minimum absolute atomic E-state index is 0.0264. The van der Waals surface area contributed by atoms with Crippen molar-refractivity contribution in [2.75, 3.05) is 12.4 Å². The number of amides is 1. The molecule has 3 N–H and O–H groups in total. The van der Waals surface area contributed by atoms with Crippen LogP contribution in [-0.4, -0.2) is 29.2 Å². The lowest BCUT2D eigenvalue weighted by Crippen LogP contribution is -2.22. The lowest BCUT2D eigenvalue weighted by Gasteiger charge is -2.24. The highest BCUT2D eigenvalue weighted by molar-refractivity contribution is 7.15. The molecule has 1 aliphatic heterocycles. The van der Waals surface area contributed by atoms with E-state index in [9.17, 15) is 24.2 Å². The van der Waals surface area contributed by atoms with Gasteiger partial charge in [-0.05, 0) is 35.4 Å². The van der Waals surface area contributed by atoms with Gasteiger partial charge in [0.05, 0.1) is 12.8 Å². The lowest BCUT2D eigenvalue weighted by atomic mass is 9.88. The van der Waals surface area contributed by atoms with Crippen LogP contribution in [0.4, 0.5) is 10.1 Å². The van der Waals surface area contributed by atoms with E-state index in [2.05, 4.69) is 5.32 Å². The first-order valence-electron chi connectivity index (χ1n) is 8.71. The van der Waals surface area contributed by atoms with Gasteiger partial charge in [-0.25, -0.2) is 9.18 Å². The number of carboxylic acid groups (broad SMARTS) is 1. The first-order valence-corrected chi connectivity index (χ1v) is 9.53. The van der Waals surface area contributed by atoms with Gasteiger partial charge in [-0.2, -0.15) is 0 Å². The van der Waals surface area contributed by atoms with E-state index in [1.165, 1.54) is 31.4 Å². The molecular formula is C21H16FNO5S. The van der Waals surface area contributed by atoms with Crippen molar-refractivity contribution in [3.63, 3.8) is 0 Å². The molecule has 3 aromatic rings. The third kappa shape index (κ3) is 3.31. The van der Waals surface area contributed by atoms with Crippen molar-refractivity contribution in [3.8, 4) is 22.6 Å². The first kappa shape index (κ1) is 18.9. The number of aromatic carboxylic acids is 1. The van der Waals surface area contributed by atoms with Crippen LogP contribution in [0.15, 0.2) is 42.5 Å². The molecule has 2 aromatic carbocycles. The number of ether oxygens (including phenoxy) is 1. The molecule has 0 radical (unpaired) electrons. The fourth-order valence-corrected chi connectivity index (χ4v) is 4.78. The zero-order chi connectivity index (χ0) is 20.7. The highest BCUT2D eigenvalue weighted by Crippen LogP contribution is 2.50. The van der Waals surface area contributed by atoms with Crippen molar-refractivity contribution in [2.24, 2.45) is 0 Å². The summed E-state index contributed by atoms with van der Waals surface area (Å²) in [4.78, 5) is 25.1. The molecule has 0 saturated carbocycles. The number of carboxylic acids is 1. The van der Waals surface area contributed by atoms with Gasteiger partial charge in [0.15, 0.2) is 11.5 Å². The van der Waals surface area contributed by atoms with Crippen LogP contribution in [0.3, 0.4) is 0 Å². The normalized spacial score (nSPS) is 15.5. The van der Waals surface area contributed by atoms with E-state index in [0.29, 0.717) is 27.3 Å². The fourth-order valence-electron chi connectivity index (χ4n) is 3.54. The second kappa shape index (κ2) is 7.21. The number of benzene rings is 2. The van der Waals surface area contributed by atoms with E-state index >= 15 is 0 Å². The first-order chi connectivity index (χ1) is 13.9. The number of anilines is 1. The monoisotopic (exact) mass is 413 g/mol. The van der Waals surface area contributed by atoms with Crippen LogP contribution in [0.2, 0.25) is 0 Å². The molecule has 29 heavy (non-hydrogen) atoms. The summed E-state index contributed by atoms with van der Waals surface area (Å²) in [5.74, 6) is -2.12. The minimum Gasteiger partial charge on any atom is -0.504 e. The molecule has 1 unspecified atom stereocenters. The smallest absolute Gasteiger partial charge is 0.346 e. The Morgan fingerprint density at radius 2 is 2.07 bits per heavy atom. The molecule has 0 aliphatic carbocycles. The Hall–Kier alpha value is -3.39. The second-order valence-electron chi connectivity index (χ2n) is 6.60. The van der Waals surface area contributed by atoms with E-state index < -0.39 is 17.7 Å². The molecular weight excluding hydrogens is 397 g/mol. The van der Waals surface area contributed by atoms with Crippen molar-refractivity contribution in [1.82, 2.24) is 0 Å². The molecule has 1 amide bonds. The lowest BCUT2D eigenvalue weighted by molar-refractivity contribution is -0.116. The van der Waals surface area contributed by atoms with Crippen molar-refractivity contribution in [3.05, 3.63) is 63.6 Å². The third-order valence-corrected chi connectivity index (χ3v) is 6.11. The van der Waals surface area contributed by atoms with Gasteiger partial charge in [0.1, 0.15) is 10.7 Å². The molecule has 6 nitrogen and oxygen atoms in total. The SMILES string of the molecule is COc1cc(C2CC(=O)Nc3c2sc(C(=O)O)c3-c2cccc(F)c2)ccc1O. The summed E-state index contributed by atoms with van der Waals surface area (Å²) < 4.78 is 19.0. The minimum atomic E-state index is -1.15. The van der Waals surface area contributed by atoms with E-state index in [0.717, 1.165) is 11.3 Å². The number of hydrogen-bond acceptors (Lipinski definition) is 5. The summed E-state index contributed by atoms with van der Waals surface area (Å²) >= 11 is 1.05. The van der Waals surface area contributed by atoms with E-state index in [-0.39, 0.29) is 28.7 Å². The number of halogens is 1. The summed E-state index contributed by atoms with van der Waals surface area (Å²) in [5, 5.41) is 22.4. The van der Waals surface area contributed by atoms with Crippen LogP contribution in [0.5, 0.6) is 11.5 Å². The average molecular weight is 413 g/mol. The van der Waals surface area contributed by atoms with Gasteiger partial charge in [0, 0.05) is 22.8 Å². The Labute approximate surface area is 169 Å². The van der Waals surface area contributed by atoms with Crippen LogP contribution in [0.25, 0.3) is 11.1 Å². The van der Waals surface area contributed by atoms with E-state index in [4.69, 9.17) is 4.74 Å². The summed E-state index contributed by atoms with van der Waals surface area (Å²) in [5.41, 5.74) is 1.76. The number of carbonyl (C=O) groups excluding carboxylic acids is 1. The Morgan fingerprint density at radius 1 is 1.28 bits per heavy atom. The van der Waals surface area contributed by atoms with Gasteiger partial charge in [0.2, 0.25) is 5.91 Å². The number of phenols is 1. The number of methoxy groups -OCH3 is 1. The zero-order valence-electron chi connectivity index (χ0n) is 15.2. The van der Waals surface area contributed by atoms with Crippen LogP contribution < -0.4 is 10.1 Å². The second-order valence-corrected chi connectivity index (χ2v) is 7.65. The molecule has 1 aliphatic rings. The van der Waals surface area contributed by atoms with Crippen molar-refractivity contribution >= 4 is 28.9 Å². The molecule has 0 saturated heterocycles. The third-order valence-electron chi connectivity index (χ3n) is 4.82. The molecule has 1 aromatic heterocycles. The van der Waals surface area contributed by atoms with Crippen LogP contribution >= 0.6 is 11.3 Å². The summed E-state index contributed by atoms with van der Waals surface area (Å²) in [6, 6.07) is 10.4. The van der Waals surface area contributed by atoms with Gasteiger partial charge in [-0.3, -0.25) is 4.79 Å². The Balaban J connectivity index is 1.93. The quantitative estimate of drug-likeness (QED) is 0.588. The maximum atomic E-state index is 13.8. The standard InChI is InChI=1S/C21H16FNO5S/c1-28-15-8-10(5-6-14(15)24)13-9-16(25)23-18-17(11-3-2-4-12(22)7-11)20(21(26)27)29-19(13)18/h2-8,13,24H,9H2,1H3,(H,23,25)(H,26,27). The molecule has 4 rings (SSSR count). The summed E-state index contributed by atoms with van der Waals surface area (Å²) in [6.45, 7) is 0. The van der Waals surface area contributed by atoms with Crippen LogP contribution in [0.1, 0.15) is 32.5 Å². The topological polar surface area (TPSA) is 95.9 Å². The molecule has 0 spiro atoms. The molecule has 1 atom stereocenters. The van der Waals surface area contributed by atoms with Gasteiger partial charge >= 0.3 is 5.97 Å². The van der Waals surface area contributed by atoms with Crippen LogP contribution in [0, 0.1) is 5.82 Å². The maximum absolute atomic E-state index is 13.8. The van der Waals surface area contributed by atoms with Crippen molar-refractivity contribution in [2.45, 2.75) is 12.3 Å². The predicted octanol–water partition coefficient (Wildman–Crippen LogP) is 4.44. The Morgan fingerprint density at radius 3 is 2.76 bits per heavy atom.